The van der Waals surface area contributed by atoms with Crippen molar-refractivity contribution in [3.05, 3.63) is 90.0 Å². The minimum absolute atomic E-state index is 0.0171. The van der Waals surface area contributed by atoms with Crippen molar-refractivity contribution in [3.8, 4) is 39.9 Å². The van der Waals surface area contributed by atoms with Crippen molar-refractivity contribution in [1.82, 2.24) is 4.98 Å². The lowest BCUT2D eigenvalue weighted by Crippen LogP contribution is -2.17. The van der Waals surface area contributed by atoms with Gasteiger partial charge in [-0.3, -0.25) is 14.6 Å². The molecule has 0 bridgehead atoms. The lowest BCUT2D eigenvalue weighted by atomic mass is 10.0. The first-order chi connectivity index (χ1) is 20.6. The zero-order valence-electron chi connectivity index (χ0n) is 23.9. The number of pyridine rings is 1. The first kappa shape index (κ1) is 24.7. The minimum atomic E-state index is -5.11. The van der Waals surface area contributed by atoms with Gasteiger partial charge < -0.3 is 30.0 Å². The molecule has 0 fully saturated rings. The molecule has 3 N–H and O–H groups in total. The normalized spacial score (nSPS) is 12.4. The van der Waals surface area contributed by atoms with E-state index in [1.165, 1.54) is 25.4 Å². The van der Waals surface area contributed by atoms with Gasteiger partial charge in [-0.15, -0.1) is 13.2 Å². The van der Waals surface area contributed by atoms with Crippen molar-refractivity contribution in [1.29, 1.82) is 0 Å². The predicted octanol–water partition coefficient (Wildman–Crippen LogP) is 5.95. The van der Waals surface area contributed by atoms with Gasteiger partial charge in [-0.2, -0.15) is 0 Å². The van der Waals surface area contributed by atoms with Crippen LogP contribution in [0.5, 0.6) is 28.7 Å². The fourth-order valence-corrected chi connectivity index (χ4v) is 3.64. The molecule has 0 unspecified atom stereocenters. The van der Waals surface area contributed by atoms with Crippen LogP contribution in [0.4, 0.5) is 23.2 Å². The summed E-state index contributed by atoms with van der Waals surface area (Å²) in [5, 5.41) is 2.39. The number of aromatic nitrogens is 1. The minimum Gasteiger partial charge on any atom is -0.497 e. The van der Waals surface area contributed by atoms with E-state index in [4.69, 9.17) is 24.1 Å². The standard InChI is InChI=1S/C28H21F4N3O6/c1-38-18-5-3-15(4-6-18)16-11-20(29)25(27(37)35-17-9-10-34-21(13-17)26(33)36)24(12-16)40-22-8-7-19(14-23(22)39-2)41-28(30,31)32/h3-14H,1-2H3,(H2,33,36)(H,34,35,37)/i2D3. The van der Waals surface area contributed by atoms with Gasteiger partial charge in [0.15, 0.2) is 11.5 Å². The van der Waals surface area contributed by atoms with E-state index in [0.29, 0.717) is 17.4 Å². The number of methoxy groups -OCH3 is 2. The van der Waals surface area contributed by atoms with Crippen LogP contribution in [-0.4, -0.2) is 37.3 Å². The Balaban J connectivity index is 1.82. The topological polar surface area (TPSA) is 122 Å². The Hall–Kier alpha value is -5.33. The quantitative estimate of drug-likeness (QED) is 0.237. The van der Waals surface area contributed by atoms with Crippen LogP contribution in [0.25, 0.3) is 11.1 Å². The number of rotatable bonds is 9. The number of ether oxygens (including phenoxy) is 4. The van der Waals surface area contributed by atoms with E-state index in [0.717, 1.165) is 24.3 Å². The van der Waals surface area contributed by atoms with Crippen LogP contribution >= 0.6 is 0 Å². The maximum Gasteiger partial charge on any atom is 0.573 e. The lowest BCUT2D eigenvalue weighted by molar-refractivity contribution is -0.274. The average molecular weight is 575 g/mol. The highest BCUT2D eigenvalue weighted by atomic mass is 19.4. The van der Waals surface area contributed by atoms with Crippen molar-refractivity contribution in [2.75, 3.05) is 19.5 Å². The Labute approximate surface area is 234 Å². The van der Waals surface area contributed by atoms with E-state index in [2.05, 4.69) is 15.0 Å². The number of alkyl halides is 3. The molecule has 13 heteroatoms. The number of nitrogens with one attached hydrogen (secondary N) is 1. The number of hydrogen-bond acceptors (Lipinski definition) is 7. The molecule has 3 aromatic carbocycles. The molecule has 4 aromatic rings. The molecule has 1 aromatic heterocycles. The number of nitrogens with zero attached hydrogens (tertiary/aromatic N) is 1. The molecule has 41 heavy (non-hydrogen) atoms. The molecule has 9 nitrogen and oxygen atoms in total. The summed E-state index contributed by atoms with van der Waals surface area (Å²) in [6.07, 6.45) is -3.93. The highest BCUT2D eigenvalue weighted by Crippen LogP contribution is 2.39. The van der Waals surface area contributed by atoms with E-state index < -0.39 is 59.6 Å². The van der Waals surface area contributed by atoms with E-state index >= 15 is 4.39 Å². The smallest absolute Gasteiger partial charge is 0.497 e. The summed E-state index contributed by atoms with van der Waals surface area (Å²) in [5.74, 6) is -5.08. The second-order valence-electron chi connectivity index (χ2n) is 8.17. The number of halogens is 4. The van der Waals surface area contributed by atoms with Crippen LogP contribution in [0.15, 0.2) is 72.9 Å². The number of carbonyl (C=O) groups excluding carboxylic acids is 2. The van der Waals surface area contributed by atoms with Gasteiger partial charge in [0.25, 0.3) is 11.8 Å². The van der Waals surface area contributed by atoms with Crippen LogP contribution in [0.3, 0.4) is 0 Å². The number of anilines is 1. The van der Waals surface area contributed by atoms with Gasteiger partial charge in [-0.25, -0.2) is 4.39 Å². The van der Waals surface area contributed by atoms with Gasteiger partial charge in [0, 0.05) is 18.0 Å². The van der Waals surface area contributed by atoms with E-state index in [-0.39, 0.29) is 16.9 Å². The third kappa shape index (κ3) is 7.01. The Bertz CT molecular complexity index is 1700. The summed E-state index contributed by atoms with van der Waals surface area (Å²) in [4.78, 5) is 28.6. The van der Waals surface area contributed by atoms with Gasteiger partial charge in [0.1, 0.15) is 34.3 Å². The third-order valence-electron chi connectivity index (χ3n) is 5.45. The van der Waals surface area contributed by atoms with Gasteiger partial charge in [0.05, 0.1) is 18.3 Å². The summed E-state index contributed by atoms with van der Waals surface area (Å²) < 4.78 is 96.0. The van der Waals surface area contributed by atoms with Crippen molar-refractivity contribution in [2.24, 2.45) is 5.73 Å². The molecule has 4 rings (SSSR count). The van der Waals surface area contributed by atoms with Gasteiger partial charge in [0.2, 0.25) is 0 Å². The van der Waals surface area contributed by atoms with Gasteiger partial charge in [-0.05, 0) is 59.7 Å². The molecule has 0 spiro atoms. The van der Waals surface area contributed by atoms with E-state index in [9.17, 15) is 22.8 Å². The summed E-state index contributed by atoms with van der Waals surface area (Å²) in [6.45, 7) is 0. The van der Waals surface area contributed by atoms with Crippen LogP contribution < -0.4 is 30.0 Å². The highest BCUT2D eigenvalue weighted by molar-refractivity contribution is 6.07. The number of hydrogen-bond donors (Lipinski definition) is 2. The molecular weight excluding hydrogens is 550 g/mol. The lowest BCUT2D eigenvalue weighted by Gasteiger charge is -2.17. The Morgan fingerprint density at radius 3 is 2.29 bits per heavy atom. The molecule has 0 aliphatic rings. The third-order valence-corrected chi connectivity index (χ3v) is 5.45. The number of nitrogens with two attached hydrogens (primary N) is 1. The van der Waals surface area contributed by atoms with E-state index in [1.807, 2.05) is 0 Å². The molecule has 212 valence electrons. The van der Waals surface area contributed by atoms with Crippen molar-refractivity contribution in [3.63, 3.8) is 0 Å². The molecule has 0 radical (unpaired) electrons. The fourth-order valence-electron chi connectivity index (χ4n) is 3.64. The summed E-state index contributed by atoms with van der Waals surface area (Å²) in [6, 6.07) is 13.4. The summed E-state index contributed by atoms with van der Waals surface area (Å²) in [7, 11) is -1.70. The maximum absolute atomic E-state index is 15.7. The SMILES string of the molecule is [2H]C([2H])([2H])Oc1cc(OC(F)(F)F)ccc1Oc1cc(-c2ccc(OC)cc2)cc(F)c1C(=O)Nc1ccnc(C(N)=O)c1. The van der Waals surface area contributed by atoms with Crippen molar-refractivity contribution >= 4 is 17.5 Å². The van der Waals surface area contributed by atoms with Gasteiger partial charge >= 0.3 is 6.36 Å². The number of amides is 2. The molecule has 0 saturated heterocycles. The Morgan fingerprint density at radius 2 is 1.63 bits per heavy atom. The predicted molar refractivity (Wildman–Crippen MR) is 139 cm³/mol. The summed E-state index contributed by atoms with van der Waals surface area (Å²) >= 11 is 0. The second-order valence-corrected chi connectivity index (χ2v) is 8.17. The number of carbonyl (C=O) groups is 2. The van der Waals surface area contributed by atoms with Crippen LogP contribution in [0, 0.1) is 5.82 Å². The molecule has 0 aliphatic carbocycles. The molecule has 0 aliphatic heterocycles. The Morgan fingerprint density at radius 1 is 0.902 bits per heavy atom. The molecule has 1 heterocycles. The fraction of sp³-hybridized carbons (Fsp3) is 0.107. The first-order valence-corrected chi connectivity index (χ1v) is 11.4. The molecule has 2 amide bonds. The molecular formula is C28H21F4N3O6. The molecule has 0 atom stereocenters. The van der Waals surface area contributed by atoms with Crippen LogP contribution in [-0.2, 0) is 0 Å². The summed E-state index contributed by atoms with van der Waals surface area (Å²) in [5.41, 5.74) is 5.02. The van der Waals surface area contributed by atoms with Gasteiger partial charge in [-0.1, -0.05) is 12.1 Å². The largest absolute Gasteiger partial charge is 0.573 e. The first-order valence-electron chi connectivity index (χ1n) is 12.9. The average Bonchev–Trinajstić information content (AvgIpc) is 2.92. The van der Waals surface area contributed by atoms with E-state index in [1.54, 1.807) is 24.3 Å². The monoisotopic (exact) mass is 574 g/mol. The van der Waals surface area contributed by atoms with Crippen LogP contribution in [0.1, 0.15) is 25.0 Å². The Kier molecular flexibility index (Phi) is 7.12. The van der Waals surface area contributed by atoms with Crippen LogP contribution in [0.2, 0.25) is 0 Å². The number of benzene rings is 3. The number of primary amides is 1. The highest BCUT2D eigenvalue weighted by Gasteiger charge is 2.31. The molecule has 0 saturated carbocycles. The second kappa shape index (κ2) is 11.8. The zero-order chi connectivity index (χ0) is 32.2. The zero-order valence-corrected chi connectivity index (χ0v) is 20.9. The van der Waals surface area contributed by atoms with Crippen molar-refractivity contribution in [2.45, 2.75) is 6.36 Å². The van der Waals surface area contributed by atoms with Crippen molar-refractivity contribution < 1.29 is 50.2 Å². The maximum atomic E-state index is 15.7.